The van der Waals surface area contributed by atoms with E-state index in [0.717, 1.165) is 17.1 Å². The molecule has 1 aliphatic carbocycles. The molecule has 0 bridgehead atoms. The molecule has 0 radical (unpaired) electrons. The van der Waals surface area contributed by atoms with Crippen LogP contribution < -0.4 is 4.90 Å². The Kier molecular flexibility index (Phi) is 11.0. The van der Waals surface area contributed by atoms with Crippen LogP contribution in [0.2, 0.25) is 0 Å². The van der Waals surface area contributed by atoms with E-state index < -0.39 is 5.41 Å². The van der Waals surface area contributed by atoms with Crippen LogP contribution in [0.4, 0.5) is 17.1 Å². The van der Waals surface area contributed by atoms with Crippen molar-refractivity contribution in [3.8, 4) is 66.8 Å². The third-order valence-corrected chi connectivity index (χ3v) is 14.4. The molecule has 1 heteroatoms. The van der Waals surface area contributed by atoms with Gasteiger partial charge >= 0.3 is 0 Å². The Bertz CT molecular complexity index is 3480. The van der Waals surface area contributed by atoms with E-state index >= 15 is 0 Å². The van der Waals surface area contributed by atoms with Crippen molar-refractivity contribution in [2.45, 2.75) is 19.3 Å². The minimum Gasteiger partial charge on any atom is -0.310 e. The highest BCUT2D eigenvalue weighted by Gasteiger charge is 2.47. The van der Waals surface area contributed by atoms with Crippen molar-refractivity contribution in [3.05, 3.63) is 306 Å². The second-order valence-electron chi connectivity index (χ2n) is 18.5. The lowest BCUT2D eigenvalue weighted by Crippen LogP contribution is -2.28. The van der Waals surface area contributed by atoms with Gasteiger partial charge in [-0.3, -0.25) is 0 Å². The normalized spacial score (nSPS) is 12.3. The fourth-order valence-corrected chi connectivity index (χ4v) is 11.1. The molecule has 0 amide bonds. The zero-order valence-corrected chi connectivity index (χ0v) is 39.4. The van der Waals surface area contributed by atoms with Gasteiger partial charge in [-0.2, -0.15) is 0 Å². The zero-order valence-electron chi connectivity index (χ0n) is 39.4. The van der Waals surface area contributed by atoms with Crippen molar-refractivity contribution in [2.24, 2.45) is 0 Å². The summed E-state index contributed by atoms with van der Waals surface area (Å²) < 4.78 is 0. The van der Waals surface area contributed by atoms with Gasteiger partial charge in [-0.15, -0.1) is 0 Å². The molecule has 11 aromatic carbocycles. The SMILES string of the molecule is Cc1cc(N(c2ccc(-c3ccccc3)cc2)c2ccc(-c3ccccc3)cc2)c(C)cc1-c1ccc2c(c1)C(c1ccccc1)(c1ccccc1)c1cccc(-c3ccc(-c4ccccc4)cc3)c1-2. The molecule has 0 unspecified atom stereocenters. The third kappa shape index (κ3) is 7.44. The van der Waals surface area contributed by atoms with Gasteiger partial charge < -0.3 is 4.90 Å². The maximum Gasteiger partial charge on any atom is 0.0714 e. The largest absolute Gasteiger partial charge is 0.310 e. The number of nitrogens with zero attached hydrogens (tertiary/aromatic N) is 1. The van der Waals surface area contributed by atoms with E-state index in [2.05, 4.69) is 292 Å². The molecule has 0 heterocycles. The quantitative estimate of drug-likeness (QED) is 0.132. The van der Waals surface area contributed by atoms with Gasteiger partial charge in [-0.25, -0.2) is 0 Å². The number of anilines is 3. The molecule has 0 fully saturated rings. The molecular weight excluding hydrogens is 843 g/mol. The minimum atomic E-state index is -0.555. The molecule has 0 saturated carbocycles. The van der Waals surface area contributed by atoms with Crippen LogP contribution in [-0.2, 0) is 5.41 Å². The van der Waals surface area contributed by atoms with Crippen LogP contribution in [0.3, 0.4) is 0 Å². The van der Waals surface area contributed by atoms with E-state index in [1.165, 1.54) is 100 Å². The fraction of sp³-hybridized carbons (Fsp3) is 0.0435. The van der Waals surface area contributed by atoms with Crippen molar-refractivity contribution in [1.29, 1.82) is 0 Å². The van der Waals surface area contributed by atoms with Crippen LogP contribution in [0.5, 0.6) is 0 Å². The van der Waals surface area contributed by atoms with E-state index in [0.29, 0.717) is 0 Å². The average Bonchev–Trinajstić information content (AvgIpc) is 3.74. The van der Waals surface area contributed by atoms with E-state index in [-0.39, 0.29) is 0 Å². The van der Waals surface area contributed by atoms with Crippen molar-refractivity contribution in [2.75, 3.05) is 4.90 Å². The van der Waals surface area contributed by atoms with Gasteiger partial charge in [0.15, 0.2) is 0 Å². The highest BCUT2D eigenvalue weighted by molar-refractivity contribution is 5.97. The Morgan fingerprint density at radius 2 is 0.686 bits per heavy atom. The standard InChI is InChI=1S/C69H51N/c1-48-46-67(70(60-40-35-54(36-41-60)51-21-10-4-11-22-51)61-42-37-55(38-43-61)52-23-12-5-13-24-52)49(2)45-64(48)57-39-44-63-66(47-57)69(58-25-14-6-15-26-58,59-27-16-7-17-28-59)65-30-18-29-62(68(63)65)56-33-31-53(32-34-56)50-19-8-3-9-20-50/h3-47H,1-2H3. The molecule has 0 N–H and O–H groups in total. The number of hydrogen-bond acceptors (Lipinski definition) is 1. The Balaban J connectivity index is 1.01. The summed E-state index contributed by atoms with van der Waals surface area (Å²) in [5, 5.41) is 0. The summed E-state index contributed by atoms with van der Waals surface area (Å²) in [4.78, 5) is 2.42. The van der Waals surface area contributed by atoms with Gasteiger partial charge in [0.2, 0.25) is 0 Å². The van der Waals surface area contributed by atoms with Crippen LogP contribution >= 0.6 is 0 Å². The minimum absolute atomic E-state index is 0.555. The maximum atomic E-state index is 2.50. The summed E-state index contributed by atoms with van der Waals surface area (Å²) in [6, 6.07) is 100. The average molecular weight is 894 g/mol. The van der Waals surface area contributed by atoms with E-state index in [4.69, 9.17) is 0 Å². The van der Waals surface area contributed by atoms with Crippen molar-refractivity contribution >= 4 is 17.1 Å². The van der Waals surface area contributed by atoms with Crippen molar-refractivity contribution < 1.29 is 0 Å². The monoisotopic (exact) mass is 893 g/mol. The molecule has 0 aromatic heterocycles. The highest BCUT2D eigenvalue weighted by Crippen LogP contribution is 2.59. The second kappa shape index (κ2) is 18.0. The van der Waals surface area contributed by atoms with Gasteiger partial charge in [0.05, 0.1) is 5.41 Å². The molecule has 1 aliphatic rings. The number of hydrogen-bond donors (Lipinski definition) is 0. The summed E-state index contributed by atoms with van der Waals surface area (Å²) in [6.07, 6.45) is 0. The molecule has 0 spiro atoms. The number of fused-ring (bicyclic) bond motifs is 3. The van der Waals surface area contributed by atoms with Crippen molar-refractivity contribution in [3.63, 3.8) is 0 Å². The lowest BCUT2D eigenvalue weighted by atomic mass is 9.67. The number of aryl methyl sites for hydroxylation is 2. The molecule has 70 heavy (non-hydrogen) atoms. The number of benzene rings is 11. The second-order valence-corrected chi connectivity index (χ2v) is 18.5. The van der Waals surface area contributed by atoms with Gasteiger partial charge in [0.1, 0.15) is 0 Å². The Hall–Kier alpha value is -8.78. The summed E-state index contributed by atoms with van der Waals surface area (Å²) in [6.45, 7) is 4.53. The fourth-order valence-electron chi connectivity index (χ4n) is 11.1. The van der Waals surface area contributed by atoms with E-state index in [1.807, 2.05) is 0 Å². The van der Waals surface area contributed by atoms with Crippen LogP contribution in [0.1, 0.15) is 33.4 Å². The van der Waals surface area contributed by atoms with Crippen LogP contribution in [0, 0.1) is 13.8 Å². The predicted molar refractivity (Wildman–Crippen MR) is 295 cm³/mol. The maximum absolute atomic E-state index is 2.50. The van der Waals surface area contributed by atoms with Gasteiger partial charge in [0, 0.05) is 17.1 Å². The molecule has 0 atom stereocenters. The zero-order chi connectivity index (χ0) is 47.0. The first kappa shape index (κ1) is 42.6. The first-order chi connectivity index (χ1) is 34.5. The first-order valence-electron chi connectivity index (χ1n) is 24.3. The van der Waals surface area contributed by atoms with E-state index in [1.54, 1.807) is 0 Å². The summed E-state index contributed by atoms with van der Waals surface area (Å²) in [5.74, 6) is 0. The smallest absolute Gasteiger partial charge is 0.0714 e. The summed E-state index contributed by atoms with van der Waals surface area (Å²) in [7, 11) is 0. The Morgan fingerprint density at radius 3 is 1.17 bits per heavy atom. The molecular formula is C69H51N. The topological polar surface area (TPSA) is 3.24 Å². The van der Waals surface area contributed by atoms with Crippen molar-refractivity contribution in [1.82, 2.24) is 0 Å². The summed E-state index contributed by atoms with van der Waals surface area (Å²) >= 11 is 0. The molecule has 0 saturated heterocycles. The molecule has 11 aromatic rings. The molecule has 332 valence electrons. The van der Waals surface area contributed by atoms with Gasteiger partial charge in [0.25, 0.3) is 0 Å². The first-order valence-corrected chi connectivity index (χ1v) is 24.3. The Labute approximate surface area is 412 Å². The lowest BCUT2D eigenvalue weighted by Gasteiger charge is -2.34. The van der Waals surface area contributed by atoms with Gasteiger partial charge in [-0.05, 0) is 156 Å². The van der Waals surface area contributed by atoms with Crippen LogP contribution in [0.25, 0.3) is 66.8 Å². The van der Waals surface area contributed by atoms with Crippen LogP contribution in [0.15, 0.2) is 273 Å². The molecule has 1 nitrogen and oxygen atoms in total. The predicted octanol–water partition coefficient (Wildman–Crippen LogP) is 18.5. The van der Waals surface area contributed by atoms with Gasteiger partial charge in [-0.1, -0.05) is 231 Å². The molecule has 0 aliphatic heterocycles. The Morgan fingerprint density at radius 1 is 0.271 bits per heavy atom. The van der Waals surface area contributed by atoms with Crippen LogP contribution in [-0.4, -0.2) is 0 Å². The number of rotatable bonds is 10. The summed E-state index contributed by atoms with van der Waals surface area (Å²) in [5.41, 5.74) is 25.0. The third-order valence-electron chi connectivity index (χ3n) is 14.4. The lowest BCUT2D eigenvalue weighted by molar-refractivity contribution is 0.769. The van der Waals surface area contributed by atoms with E-state index in [9.17, 15) is 0 Å². The molecule has 12 rings (SSSR count). The highest BCUT2D eigenvalue weighted by atomic mass is 15.1.